The molecule has 4 aromatic rings. The number of ketones is 1. The number of benzene rings is 1. The molecule has 208 valence electrons. The summed E-state index contributed by atoms with van der Waals surface area (Å²) in [6.07, 6.45) is 5.64. The standard InChI is InChI=1S/C31H37N7O2/c1-7-13-37-29(40)25-18-32-30(35-28(25)38(37)27-10-8-9-26(34-27)31(2,3)4)33-23-12-11-21-14-20(15-22(21)17-23)16-24(39)19-36(5)6/h7-12,17-18,20H,1,13-16,19H2,2-6H3,(H,32,33,35). The first-order valence-electron chi connectivity index (χ1n) is 13.7. The van der Waals surface area contributed by atoms with Gasteiger partial charge in [0, 0.05) is 29.4 Å². The van der Waals surface area contributed by atoms with E-state index in [0.29, 0.717) is 48.2 Å². The lowest BCUT2D eigenvalue weighted by molar-refractivity contribution is -0.120. The maximum Gasteiger partial charge on any atom is 0.278 e. The largest absolute Gasteiger partial charge is 0.324 e. The predicted molar refractivity (Wildman–Crippen MR) is 159 cm³/mol. The van der Waals surface area contributed by atoms with Crippen molar-refractivity contribution >= 4 is 28.5 Å². The summed E-state index contributed by atoms with van der Waals surface area (Å²) in [7, 11) is 3.85. The number of hydrogen-bond donors (Lipinski definition) is 1. The highest BCUT2D eigenvalue weighted by Crippen LogP contribution is 2.32. The molecule has 40 heavy (non-hydrogen) atoms. The molecule has 1 aromatic carbocycles. The average molecular weight is 540 g/mol. The first kappa shape index (κ1) is 27.5. The van der Waals surface area contributed by atoms with E-state index in [2.05, 4.69) is 49.8 Å². The molecule has 1 atom stereocenters. The third-order valence-corrected chi connectivity index (χ3v) is 7.19. The van der Waals surface area contributed by atoms with Crippen molar-refractivity contribution < 1.29 is 4.79 Å². The van der Waals surface area contributed by atoms with Crippen LogP contribution in [-0.4, -0.2) is 55.6 Å². The van der Waals surface area contributed by atoms with Crippen molar-refractivity contribution in [2.45, 2.75) is 52.0 Å². The van der Waals surface area contributed by atoms with Gasteiger partial charge in [-0.2, -0.15) is 4.98 Å². The number of anilines is 2. The van der Waals surface area contributed by atoms with Gasteiger partial charge in [-0.05, 0) is 68.2 Å². The predicted octanol–water partition coefficient (Wildman–Crippen LogP) is 4.44. The van der Waals surface area contributed by atoms with Gasteiger partial charge in [0.15, 0.2) is 11.5 Å². The van der Waals surface area contributed by atoms with E-state index >= 15 is 0 Å². The van der Waals surface area contributed by atoms with Crippen LogP contribution in [0.1, 0.15) is 44.0 Å². The molecule has 3 aromatic heterocycles. The molecule has 1 aliphatic carbocycles. The van der Waals surface area contributed by atoms with Crippen LogP contribution in [0, 0.1) is 5.92 Å². The van der Waals surface area contributed by atoms with Crippen LogP contribution >= 0.6 is 0 Å². The maximum absolute atomic E-state index is 13.3. The van der Waals surface area contributed by atoms with Crippen LogP contribution in [-0.2, 0) is 29.6 Å². The van der Waals surface area contributed by atoms with E-state index in [0.717, 1.165) is 24.2 Å². The number of rotatable bonds is 9. The number of nitrogens with one attached hydrogen (secondary N) is 1. The molecular formula is C31H37N7O2. The van der Waals surface area contributed by atoms with Gasteiger partial charge in [-0.3, -0.25) is 9.59 Å². The molecule has 1 aliphatic rings. The number of pyridine rings is 1. The van der Waals surface area contributed by atoms with Crippen LogP contribution in [0.25, 0.3) is 16.9 Å². The van der Waals surface area contributed by atoms with Crippen molar-refractivity contribution in [3.8, 4) is 5.82 Å². The summed E-state index contributed by atoms with van der Waals surface area (Å²) in [5.41, 5.74) is 4.43. The molecule has 1 N–H and O–H groups in total. The van der Waals surface area contributed by atoms with E-state index in [4.69, 9.17) is 9.97 Å². The SMILES string of the molecule is C=CCn1c(=O)c2cnc(Nc3ccc4c(c3)CC(CC(=O)CN(C)C)C4)nc2n1-c1cccc(C(C)(C)C)n1. The Kier molecular flexibility index (Phi) is 7.42. The molecule has 0 saturated carbocycles. The molecule has 9 heteroatoms. The molecule has 1 unspecified atom stereocenters. The normalized spacial score (nSPS) is 15.0. The summed E-state index contributed by atoms with van der Waals surface area (Å²) in [6.45, 7) is 10.9. The lowest BCUT2D eigenvalue weighted by atomic mass is 9.92. The zero-order chi connectivity index (χ0) is 28.6. The fraction of sp³-hybridized carbons (Fsp3) is 0.387. The van der Waals surface area contributed by atoms with Crippen LogP contribution in [0.4, 0.5) is 11.6 Å². The second-order valence-corrected chi connectivity index (χ2v) is 11.9. The zero-order valence-corrected chi connectivity index (χ0v) is 23.9. The smallest absolute Gasteiger partial charge is 0.278 e. The van der Waals surface area contributed by atoms with Gasteiger partial charge in [0.2, 0.25) is 5.95 Å². The van der Waals surface area contributed by atoms with Gasteiger partial charge in [0.05, 0.1) is 13.1 Å². The van der Waals surface area contributed by atoms with Crippen molar-refractivity contribution in [3.05, 3.63) is 82.4 Å². The molecule has 0 bridgehead atoms. The number of allylic oxidation sites excluding steroid dienone is 1. The van der Waals surface area contributed by atoms with Gasteiger partial charge in [-0.25, -0.2) is 19.3 Å². The van der Waals surface area contributed by atoms with Crippen molar-refractivity contribution in [1.82, 2.24) is 29.2 Å². The topological polar surface area (TPSA) is 97.9 Å². The Morgan fingerprint density at radius 2 is 1.93 bits per heavy atom. The minimum absolute atomic E-state index is 0.156. The van der Waals surface area contributed by atoms with Crippen molar-refractivity contribution in [3.63, 3.8) is 0 Å². The lowest BCUT2D eigenvalue weighted by Gasteiger charge is -2.19. The van der Waals surface area contributed by atoms with E-state index in [9.17, 15) is 9.59 Å². The molecule has 0 radical (unpaired) electrons. The molecule has 0 amide bonds. The lowest BCUT2D eigenvalue weighted by Crippen LogP contribution is -2.23. The van der Waals surface area contributed by atoms with Gasteiger partial charge in [0.1, 0.15) is 11.2 Å². The number of fused-ring (bicyclic) bond motifs is 2. The maximum atomic E-state index is 13.3. The summed E-state index contributed by atoms with van der Waals surface area (Å²) in [6, 6.07) is 12.1. The first-order chi connectivity index (χ1) is 19.0. The molecule has 3 heterocycles. The Labute approximate surface area is 234 Å². The van der Waals surface area contributed by atoms with Crippen LogP contribution in [0.5, 0.6) is 0 Å². The molecular weight excluding hydrogens is 502 g/mol. The molecule has 0 aliphatic heterocycles. The highest BCUT2D eigenvalue weighted by molar-refractivity contribution is 5.81. The van der Waals surface area contributed by atoms with E-state index < -0.39 is 0 Å². The van der Waals surface area contributed by atoms with E-state index in [1.54, 1.807) is 21.6 Å². The second kappa shape index (κ2) is 10.8. The van der Waals surface area contributed by atoms with Gasteiger partial charge < -0.3 is 10.2 Å². The number of carbonyl (C=O) groups is 1. The third-order valence-electron chi connectivity index (χ3n) is 7.19. The second-order valence-electron chi connectivity index (χ2n) is 11.9. The van der Waals surface area contributed by atoms with Crippen LogP contribution in [0.2, 0.25) is 0 Å². The Bertz CT molecular complexity index is 1640. The van der Waals surface area contributed by atoms with Crippen LogP contribution in [0.3, 0.4) is 0 Å². The van der Waals surface area contributed by atoms with E-state index in [1.165, 1.54) is 11.1 Å². The number of aromatic nitrogens is 5. The van der Waals surface area contributed by atoms with Crippen molar-refractivity contribution in [2.75, 3.05) is 26.0 Å². The Balaban J connectivity index is 1.46. The van der Waals surface area contributed by atoms with Crippen LogP contribution < -0.4 is 10.9 Å². The molecule has 0 saturated heterocycles. The van der Waals surface area contributed by atoms with Gasteiger partial charge >= 0.3 is 0 Å². The number of Topliss-reactive ketones (excluding diaryl/α,β-unsaturated/α-hetero) is 1. The highest BCUT2D eigenvalue weighted by atomic mass is 16.1. The quantitative estimate of drug-likeness (QED) is 0.314. The fourth-order valence-corrected chi connectivity index (χ4v) is 5.37. The van der Waals surface area contributed by atoms with Gasteiger partial charge in [0.25, 0.3) is 5.56 Å². The Morgan fingerprint density at radius 1 is 1.15 bits per heavy atom. The highest BCUT2D eigenvalue weighted by Gasteiger charge is 2.25. The monoisotopic (exact) mass is 539 g/mol. The molecule has 0 spiro atoms. The number of likely N-dealkylation sites (N-methyl/N-ethyl adjacent to an activating group) is 1. The van der Waals surface area contributed by atoms with Crippen LogP contribution in [0.15, 0.2) is 60.0 Å². The Morgan fingerprint density at radius 3 is 2.65 bits per heavy atom. The average Bonchev–Trinajstić information content (AvgIpc) is 3.40. The summed E-state index contributed by atoms with van der Waals surface area (Å²) in [5.74, 6) is 1.61. The minimum Gasteiger partial charge on any atom is -0.324 e. The molecule has 0 fully saturated rings. The van der Waals surface area contributed by atoms with E-state index in [1.807, 2.05) is 43.3 Å². The Hall–Kier alpha value is -4.11. The minimum atomic E-state index is -0.197. The summed E-state index contributed by atoms with van der Waals surface area (Å²) >= 11 is 0. The van der Waals surface area contributed by atoms with Crippen molar-refractivity contribution in [1.29, 1.82) is 0 Å². The third kappa shape index (κ3) is 5.60. The number of nitrogens with zero attached hydrogens (tertiary/aromatic N) is 6. The van der Waals surface area contributed by atoms with Gasteiger partial charge in [-0.1, -0.05) is 39.0 Å². The fourth-order valence-electron chi connectivity index (χ4n) is 5.37. The summed E-state index contributed by atoms with van der Waals surface area (Å²) in [4.78, 5) is 41.7. The summed E-state index contributed by atoms with van der Waals surface area (Å²) < 4.78 is 3.33. The molecule has 9 nitrogen and oxygen atoms in total. The van der Waals surface area contributed by atoms with E-state index in [-0.39, 0.29) is 16.8 Å². The zero-order valence-electron chi connectivity index (χ0n) is 23.9. The first-order valence-corrected chi connectivity index (χ1v) is 13.7. The number of hydrogen-bond acceptors (Lipinski definition) is 7. The molecule has 5 rings (SSSR count). The van der Waals surface area contributed by atoms with Crippen molar-refractivity contribution in [2.24, 2.45) is 5.92 Å². The van der Waals surface area contributed by atoms with Gasteiger partial charge in [-0.15, -0.1) is 6.58 Å². The number of carbonyl (C=O) groups excluding carboxylic acids is 1. The summed E-state index contributed by atoms with van der Waals surface area (Å²) in [5, 5.41) is 3.73.